The third kappa shape index (κ3) is 8.75. The maximum Gasteiger partial charge on any atom is 0.414 e. The second-order valence-corrected chi connectivity index (χ2v) is 16.8. The second kappa shape index (κ2) is 16.3. The van der Waals surface area contributed by atoms with Crippen LogP contribution in [0.25, 0.3) is 5.65 Å². The van der Waals surface area contributed by atoms with Gasteiger partial charge in [-0.05, 0) is 41.2 Å². The molecular weight excluding hydrogens is 746 g/mol. The lowest BCUT2D eigenvalue weighted by atomic mass is 9.83. The Balaban J connectivity index is 1.64. The molecule has 0 saturated heterocycles. The lowest BCUT2D eigenvalue weighted by Gasteiger charge is -2.39. The van der Waals surface area contributed by atoms with Crippen molar-refractivity contribution in [3.63, 3.8) is 0 Å². The summed E-state index contributed by atoms with van der Waals surface area (Å²) in [6.07, 6.45) is -3.66. The van der Waals surface area contributed by atoms with Gasteiger partial charge in [-0.1, -0.05) is 81.4 Å². The van der Waals surface area contributed by atoms with Crippen LogP contribution in [0.2, 0.25) is 0 Å². The number of aliphatic hydroxyl groups is 1. The summed E-state index contributed by atoms with van der Waals surface area (Å²) < 4.78 is 82.4. The molecule has 17 heteroatoms. The van der Waals surface area contributed by atoms with Crippen molar-refractivity contribution in [2.75, 3.05) is 20.3 Å². The molecule has 3 atom stereocenters. The highest BCUT2D eigenvalue weighted by atomic mass is 32.2. The number of carbonyl (C=O) groups excluding carboxylic acids is 2. The Morgan fingerprint density at radius 1 is 0.963 bits per heavy atom. The summed E-state index contributed by atoms with van der Waals surface area (Å²) in [6.45, 7) is 4.82. The monoisotopic (exact) mass is 786 g/mol. The van der Waals surface area contributed by atoms with E-state index in [-0.39, 0.29) is 27.4 Å². The number of aromatic nitrogens is 3. The van der Waals surface area contributed by atoms with Crippen molar-refractivity contribution < 1.29 is 41.0 Å². The lowest BCUT2D eigenvalue weighted by Crippen LogP contribution is -2.55. The molecule has 54 heavy (non-hydrogen) atoms. The van der Waals surface area contributed by atoms with E-state index in [4.69, 9.17) is 10.5 Å². The van der Waals surface area contributed by atoms with Crippen LogP contribution in [0.4, 0.5) is 18.0 Å². The molecule has 2 aromatic carbocycles. The van der Waals surface area contributed by atoms with E-state index in [0.29, 0.717) is 33.8 Å². The van der Waals surface area contributed by atoms with Crippen LogP contribution in [0.5, 0.6) is 0 Å². The van der Waals surface area contributed by atoms with Gasteiger partial charge in [0.15, 0.2) is 11.7 Å². The minimum atomic E-state index is -5.19. The van der Waals surface area contributed by atoms with Crippen LogP contribution in [0, 0.1) is 5.41 Å². The van der Waals surface area contributed by atoms with Gasteiger partial charge in [0, 0.05) is 34.5 Å². The Morgan fingerprint density at radius 3 is 2.07 bits per heavy atom. The van der Waals surface area contributed by atoms with Gasteiger partial charge in [0.1, 0.15) is 12.4 Å². The molecule has 2 amide bonds. The Labute approximate surface area is 315 Å². The third-order valence-corrected chi connectivity index (χ3v) is 12.0. The molecule has 0 bridgehead atoms. The van der Waals surface area contributed by atoms with Crippen molar-refractivity contribution in [1.82, 2.24) is 23.8 Å². The van der Waals surface area contributed by atoms with E-state index in [9.17, 15) is 23.1 Å². The van der Waals surface area contributed by atoms with Crippen molar-refractivity contribution in [3.05, 3.63) is 118 Å². The molecule has 0 unspecified atom stereocenters. The van der Waals surface area contributed by atoms with Crippen LogP contribution in [0.3, 0.4) is 0 Å². The molecule has 0 radical (unpaired) electrons. The van der Waals surface area contributed by atoms with Gasteiger partial charge < -0.3 is 15.6 Å². The molecule has 0 spiro atoms. The highest BCUT2D eigenvalue weighted by Gasteiger charge is 2.53. The zero-order valence-electron chi connectivity index (χ0n) is 29.9. The number of nitrogens with two attached hydrogens (primary N) is 1. The first-order valence-corrected chi connectivity index (χ1v) is 19.1. The van der Waals surface area contributed by atoms with E-state index in [2.05, 4.69) is 10.1 Å². The van der Waals surface area contributed by atoms with Crippen LogP contribution < -0.4 is 5.73 Å². The number of rotatable bonds is 14. The molecule has 5 rings (SSSR count). The van der Waals surface area contributed by atoms with Crippen LogP contribution in [0.1, 0.15) is 66.1 Å². The van der Waals surface area contributed by atoms with Gasteiger partial charge in [0.25, 0.3) is 0 Å². The van der Waals surface area contributed by atoms with Crippen molar-refractivity contribution in [2.24, 2.45) is 11.1 Å². The maximum atomic E-state index is 15.5. The van der Waals surface area contributed by atoms with E-state index in [1.165, 1.54) is 35.2 Å². The molecule has 0 aliphatic rings. The number of hydrogen-bond donors (Lipinski definition) is 2. The normalized spacial score (nSPS) is 14.3. The highest BCUT2D eigenvalue weighted by molar-refractivity contribution is 7.89. The summed E-state index contributed by atoms with van der Waals surface area (Å²) in [5.74, 6) is -2.37. The first kappa shape index (κ1) is 40.3. The van der Waals surface area contributed by atoms with E-state index < -0.39 is 63.7 Å². The van der Waals surface area contributed by atoms with Gasteiger partial charge in [-0.15, -0.1) is 11.3 Å². The second-order valence-electron chi connectivity index (χ2n) is 13.8. The molecule has 0 aliphatic heterocycles. The third-order valence-electron chi connectivity index (χ3n) is 8.90. The maximum absolute atomic E-state index is 15.5. The molecule has 3 heterocycles. The SMILES string of the molecule is COC(=O)N([C@H](C(N)=O)C(c1ccccc1)c1ccccc1)[C@H](c1ccc([C@@H](CO)N(CCC(C)(C)C)S(=O)(=O)c2ccn3ncnc3c2)s1)C(F)(F)F. The van der Waals surface area contributed by atoms with E-state index >= 15 is 13.2 Å². The fourth-order valence-corrected chi connectivity index (χ4v) is 9.19. The molecule has 0 aliphatic carbocycles. The smallest absolute Gasteiger partial charge is 0.414 e. The summed E-state index contributed by atoms with van der Waals surface area (Å²) in [4.78, 5) is 30.8. The average molecular weight is 787 g/mol. The van der Waals surface area contributed by atoms with E-state index in [1.54, 1.807) is 60.7 Å². The summed E-state index contributed by atoms with van der Waals surface area (Å²) in [5, 5.41) is 14.8. The van der Waals surface area contributed by atoms with Gasteiger partial charge in [0.05, 0.1) is 24.7 Å². The number of thiophene rings is 1. The first-order chi connectivity index (χ1) is 25.5. The Hall–Kier alpha value is -4.84. The quantitative estimate of drug-likeness (QED) is 0.133. The number of alkyl halides is 3. The largest absolute Gasteiger partial charge is 0.453 e. The van der Waals surface area contributed by atoms with Gasteiger partial charge in [-0.2, -0.15) is 22.6 Å². The standard InChI is InChI=1S/C37H41F3N6O6S2/c1-36(2,3)18-20-45(54(50,51)26-17-19-44-30(21-26)42-23-43-44)27(22-47)28-15-16-29(53-28)33(37(38,39)40)46(35(49)52-4)32(34(41)48)31(24-11-7-5-8-12-24)25-13-9-6-10-14-25/h5-17,19,21,23,27,31-33,47H,18,20,22H2,1-4H3,(H2,41,48)/t27-,32+,33-/m1/s1. The number of amides is 2. The number of sulfonamides is 1. The summed E-state index contributed by atoms with van der Waals surface area (Å²) in [5.41, 5.74) is 6.62. The number of carbonyl (C=O) groups is 2. The minimum Gasteiger partial charge on any atom is -0.453 e. The fourth-order valence-electron chi connectivity index (χ4n) is 6.28. The first-order valence-electron chi connectivity index (χ1n) is 16.8. The van der Waals surface area contributed by atoms with Crippen LogP contribution in [0.15, 0.2) is 102 Å². The molecule has 12 nitrogen and oxygen atoms in total. The lowest BCUT2D eigenvalue weighted by molar-refractivity contribution is -0.186. The number of nitrogens with zero attached hydrogens (tertiary/aromatic N) is 5. The van der Waals surface area contributed by atoms with Gasteiger partial charge in [-0.3, -0.25) is 9.69 Å². The molecule has 0 saturated carbocycles. The Morgan fingerprint density at radius 2 is 1.56 bits per heavy atom. The molecule has 288 valence electrons. The van der Waals surface area contributed by atoms with Crippen molar-refractivity contribution in [3.8, 4) is 0 Å². The number of primary amides is 1. The van der Waals surface area contributed by atoms with Crippen molar-refractivity contribution in [2.45, 2.75) is 62.3 Å². The van der Waals surface area contributed by atoms with Crippen LogP contribution >= 0.6 is 11.3 Å². The number of aliphatic hydroxyl groups excluding tert-OH is 1. The molecule has 3 N–H and O–H groups in total. The van der Waals surface area contributed by atoms with E-state index in [0.717, 1.165) is 17.5 Å². The fraction of sp³-hybridized carbons (Fsp3) is 0.351. The van der Waals surface area contributed by atoms with E-state index in [1.807, 2.05) is 20.8 Å². The number of ether oxygens (including phenoxy) is 1. The summed E-state index contributed by atoms with van der Waals surface area (Å²) in [6, 6.07) is 15.5. The topological polar surface area (TPSA) is 160 Å². The Bertz CT molecular complexity index is 2120. The highest BCUT2D eigenvalue weighted by Crippen LogP contribution is 2.46. The van der Waals surface area contributed by atoms with Gasteiger partial charge in [-0.25, -0.2) is 22.7 Å². The number of benzene rings is 2. The molecular formula is C37H41F3N6O6S2. The molecule has 5 aromatic rings. The van der Waals surface area contributed by atoms with Gasteiger partial charge >= 0.3 is 12.3 Å². The van der Waals surface area contributed by atoms with Crippen LogP contribution in [-0.2, 0) is 19.6 Å². The number of halogens is 3. The zero-order chi connectivity index (χ0) is 39.4. The molecule has 3 aromatic heterocycles. The number of pyridine rings is 1. The van der Waals surface area contributed by atoms with Gasteiger partial charge in [0.2, 0.25) is 15.9 Å². The number of fused-ring (bicyclic) bond motifs is 1. The van der Waals surface area contributed by atoms with Crippen LogP contribution in [-0.4, -0.2) is 81.8 Å². The molecule has 0 fully saturated rings. The summed E-state index contributed by atoms with van der Waals surface area (Å²) in [7, 11) is -3.49. The predicted octanol–water partition coefficient (Wildman–Crippen LogP) is 6.31. The predicted molar refractivity (Wildman–Crippen MR) is 196 cm³/mol. The number of hydrogen-bond acceptors (Lipinski definition) is 9. The average Bonchev–Trinajstić information content (AvgIpc) is 3.80. The summed E-state index contributed by atoms with van der Waals surface area (Å²) >= 11 is 0.552. The zero-order valence-corrected chi connectivity index (χ0v) is 31.6. The minimum absolute atomic E-state index is 0.0610. The number of methoxy groups -OCH3 is 1. The van der Waals surface area contributed by atoms with Crippen molar-refractivity contribution >= 4 is 39.0 Å². The van der Waals surface area contributed by atoms with Crippen molar-refractivity contribution in [1.29, 1.82) is 0 Å². The Kier molecular flexibility index (Phi) is 12.1.